The first-order chi connectivity index (χ1) is 9.06. The summed E-state index contributed by atoms with van der Waals surface area (Å²) < 4.78 is 5.62. The van der Waals surface area contributed by atoms with Gasteiger partial charge in [-0.3, -0.25) is 4.79 Å². The number of ether oxygens (including phenoxy) is 1. The summed E-state index contributed by atoms with van der Waals surface area (Å²) in [5.41, 5.74) is 1.24. The average Bonchev–Trinajstić information content (AvgIpc) is 3.21. The number of rotatable bonds is 6. The second kappa shape index (κ2) is 6.06. The molecule has 1 amide bonds. The van der Waals surface area contributed by atoms with E-state index in [1.54, 1.807) is 25.9 Å². The first kappa shape index (κ1) is 13.9. The van der Waals surface area contributed by atoms with Crippen molar-refractivity contribution >= 4 is 5.91 Å². The third-order valence-corrected chi connectivity index (χ3v) is 3.20. The van der Waals surface area contributed by atoms with Crippen molar-refractivity contribution in [2.75, 3.05) is 14.1 Å². The molecule has 0 aromatic heterocycles. The summed E-state index contributed by atoms with van der Waals surface area (Å²) in [6.07, 6.45) is 2.14. The third-order valence-electron chi connectivity index (χ3n) is 3.20. The summed E-state index contributed by atoms with van der Waals surface area (Å²) in [5.74, 6) is 0.706. The summed E-state index contributed by atoms with van der Waals surface area (Å²) in [6.45, 7) is 2.67. The van der Waals surface area contributed by atoms with E-state index in [2.05, 4.69) is 5.32 Å². The number of carbonyl (C=O) groups is 1. The zero-order valence-corrected chi connectivity index (χ0v) is 11.8. The fourth-order valence-corrected chi connectivity index (χ4v) is 1.85. The molecule has 0 bridgehead atoms. The lowest BCUT2D eigenvalue weighted by Crippen LogP contribution is -2.35. The molecule has 0 radical (unpaired) electrons. The van der Waals surface area contributed by atoms with Crippen molar-refractivity contribution in [1.29, 1.82) is 0 Å². The maximum absolute atomic E-state index is 11.7. The van der Waals surface area contributed by atoms with Crippen molar-refractivity contribution in [3.8, 4) is 5.75 Å². The molecule has 19 heavy (non-hydrogen) atoms. The summed E-state index contributed by atoms with van der Waals surface area (Å²) in [6, 6.07) is 8.63. The summed E-state index contributed by atoms with van der Waals surface area (Å²) in [5, 5.41) is 3.46. The Balaban J connectivity index is 1.85. The molecule has 0 saturated heterocycles. The summed E-state index contributed by atoms with van der Waals surface area (Å²) >= 11 is 0. The van der Waals surface area contributed by atoms with Crippen LogP contribution in [0, 0.1) is 0 Å². The van der Waals surface area contributed by atoms with Crippen molar-refractivity contribution in [3.05, 3.63) is 29.8 Å². The van der Waals surface area contributed by atoms with Gasteiger partial charge in [-0.2, -0.15) is 0 Å². The van der Waals surface area contributed by atoms with Crippen molar-refractivity contribution in [3.63, 3.8) is 0 Å². The van der Waals surface area contributed by atoms with Crippen LogP contribution >= 0.6 is 0 Å². The van der Waals surface area contributed by atoms with Crippen LogP contribution < -0.4 is 10.1 Å². The highest BCUT2D eigenvalue weighted by Crippen LogP contribution is 2.20. The molecule has 1 aromatic carbocycles. The quantitative estimate of drug-likeness (QED) is 0.850. The van der Waals surface area contributed by atoms with Crippen LogP contribution in [0.15, 0.2) is 24.3 Å². The van der Waals surface area contributed by atoms with Crippen LogP contribution in [-0.4, -0.2) is 37.0 Å². The lowest BCUT2D eigenvalue weighted by molar-refractivity contribution is -0.135. The zero-order chi connectivity index (χ0) is 13.8. The summed E-state index contributed by atoms with van der Waals surface area (Å²) in [4.78, 5) is 13.2. The monoisotopic (exact) mass is 262 g/mol. The second-order valence-corrected chi connectivity index (χ2v) is 5.29. The Morgan fingerprint density at radius 2 is 2.00 bits per heavy atom. The zero-order valence-electron chi connectivity index (χ0n) is 11.8. The van der Waals surface area contributed by atoms with E-state index in [1.165, 1.54) is 18.4 Å². The van der Waals surface area contributed by atoms with Gasteiger partial charge in [0.2, 0.25) is 0 Å². The molecular formula is C15H22N2O2. The van der Waals surface area contributed by atoms with E-state index < -0.39 is 6.10 Å². The average molecular weight is 262 g/mol. The number of nitrogens with one attached hydrogen (secondary N) is 1. The second-order valence-electron chi connectivity index (χ2n) is 5.29. The van der Waals surface area contributed by atoms with Gasteiger partial charge < -0.3 is 15.0 Å². The third kappa shape index (κ3) is 4.24. The van der Waals surface area contributed by atoms with Gasteiger partial charge in [0.1, 0.15) is 5.75 Å². The Hall–Kier alpha value is -1.55. The van der Waals surface area contributed by atoms with Crippen LogP contribution in [0.2, 0.25) is 0 Å². The Morgan fingerprint density at radius 3 is 2.53 bits per heavy atom. The van der Waals surface area contributed by atoms with E-state index in [-0.39, 0.29) is 5.91 Å². The fraction of sp³-hybridized carbons (Fsp3) is 0.533. The van der Waals surface area contributed by atoms with E-state index >= 15 is 0 Å². The Labute approximate surface area is 114 Å². The molecule has 104 valence electrons. The number of nitrogens with zero attached hydrogens (tertiary/aromatic N) is 1. The van der Waals surface area contributed by atoms with Gasteiger partial charge in [0.05, 0.1) is 0 Å². The van der Waals surface area contributed by atoms with E-state index in [4.69, 9.17) is 4.74 Å². The fourth-order valence-electron chi connectivity index (χ4n) is 1.85. The number of carbonyl (C=O) groups excluding carboxylic acids is 1. The van der Waals surface area contributed by atoms with Gasteiger partial charge in [-0.05, 0) is 37.5 Å². The van der Waals surface area contributed by atoms with E-state index in [0.29, 0.717) is 6.04 Å². The highest BCUT2D eigenvalue weighted by atomic mass is 16.5. The maximum atomic E-state index is 11.7. The van der Waals surface area contributed by atoms with E-state index in [0.717, 1.165) is 12.3 Å². The van der Waals surface area contributed by atoms with Gasteiger partial charge in [-0.15, -0.1) is 0 Å². The van der Waals surface area contributed by atoms with Crippen LogP contribution in [0.4, 0.5) is 0 Å². The smallest absolute Gasteiger partial charge is 0.262 e. The van der Waals surface area contributed by atoms with Crippen LogP contribution in [0.3, 0.4) is 0 Å². The van der Waals surface area contributed by atoms with Crippen LogP contribution in [-0.2, 0) is 11.3 Å². The SMILES string of the molecule is CC(Oc1ccc(CNC2CC2)cc1)C(=O)N(C)C. The van der Waals surface area contributed by atoms with Crippen molar-refractivity contribution in [1.82, 2.24) is 10.2 Å². The van der Waals surface area contributed by atoms with Gasteiger partial charge in [0.25, 0.3) is 5.91 Å². The van der Waals surface area contributed by atoms with E-state index in [9.17, 15) is 4.79 Å². The summed E-state index contributed by atoms with van der Waals surface area (Å²) in [7, 11) is 3.46. The number of likely N-dealkylation sites (N-methyl/N-ethyl adjacent to an activating group) is 1. The van der Waals surface area contributed by atoms with Crippen molar-refractivity contribution in [2.45, 2.75) is 38.5 Å². The number of benzene rings is 1. The van der Waals surface area contributed by atoms with Crippen molar-refractivity contribution < 1.29 is 9.53 Å². The predicted molar refractivity (Wildman–Crippen MR) is 75.1 cm³/mol. The molecule has 1 atom stereocenters. The molecule has 4 heteroatoms. The molecule has 1 saturated carbocycles. The normalized spacial score (nSPS) is 15.9. The number of amides is 1. The Morgan fingerprint density at radius 1 is 1.37 bits per heavy atom. The lowest BCUT2D eigenvalue weighted by atomic mass is 10.2. The molecule has 4 nitrogen and oxygen atoms in total. The van der Waals surface area contributed by atoms with Gasteiger partial charge in [-0.25, -0.2) is 0 Å². The molecule has 1 aliphatic carbocycles. The molecule has 1 fully saturated rings. The van der Waals surface area contributed by atoms with Gasteiger partial charge in [0, 0.05) is 26.7 Å². The molecule has 1 unspecified atom stereocenters. The molecule has 1 N–H and O–H groups in total. The predicted octanol–water partition coefficient (Wildman–Crippen LogP) is 1.79. The van der Waals surface area contributed by atoms with Gasteiger partial charge in [-0.1, -0.05) is 12.1 Å². The minimum atomic E-state index is -0.453. The molecule has 0 heterocycles. The molecule has 1 aromatic rings. The van der Waals surface area contributed by atoms with Crippen LogP contribution in [0.25, 0.3) is 0 Å². The van der Waals surface area contributed by atoms with Gasteiger partial charge >= 0.3 is 0 Å². The molecule has 1 aliphatic rings. The molecule has 2 rings (SSSR count). The van der Waals surface area contributed by atoms with Gasteiger partial charge in [0.15, 0.2) is 6.10 Å². The first-order valence-corrected chi connectivity index (χ1v) is 6.76. The highest BCUT2D eigenvalue weighted by Gasteiger charge is 2.20. The van der Waals surface area contributed by atoms with Crippen LogP contribution in [0.1, 0.15) is 25.3 Å². The Kier molecular flexibility index (Phi) is 4.43. The molecular weight excluding hydrogens is 240 g/mol. The number of hydrogen-bond acceptors (Lipinski definition) is 3. The minimum Gasteiger partial charge on any atom is -0.481 e. The first-order valence-electron chi connectivity index (χ1n) is 6.76. The topological polar surface area (TPSA) is 41.6 Å². The maximum Gasteiger partial charge on any atom is 0.262 e. The highest BCUT2D eigenvalue weighted by molar-refractivity contribution is 5.80. The Bertz CT molecular complexity index is 424. The molecule has 0 spiro atoms. The van der Waals surface area contributed by atoms with E-state index in [1.807, 2.05) is 24.3 Å². The van der Waals surface area contributed by atoms with Crippen LogP contribution in [0.5, 0.6) is 5.75 Å². The van der Waals surface area contributed by atoms with Crippen molar-refractivity contribution in [2.24, 2.45) is 0 Å². The lowest BCUT2D eigenvalue weighted by Gasteiger charge is -2.18. The number of hydrogen-bond donors (Lipinski definition) is 1. The standard InChI is InChI=1S/C15H22N2O2/c1-11(15(18)17(2)3)19-14-8-4-12(5-9-14)10-16-13-6-7-13/h4-5,8-9,11,13,16H,6-7,10H2,1-3H3. The largest absolute Gasteiger partial charge is 0.481 e. The molecule has 0 aliphatic heterocycles. The minimum absolute atomic E-state index is 0.0283.